The maximum atomic E-state index is 12.2. The molecule has 1 aliphatic carbocycles. The van der Waals surface area contributed by atoms with Crippen LogP contribution in [0.2, 0.25) is 0 Å². The molecular formula is C20H24N4O3S2. The summed E-state index contributed by atoms with van der Waals surface area (Å²) < 4.78 is 0. The van der Waals surface area contributed by atoms with Crippen LogP contribution in [-0.2, 0) is 20.1 Å². The lowest BCUT2D eigenvalue weighted by molar-refractivity contribution is -0.119. The van der Waals surface area contributed by atoms with Crippen molar-refractivity contribution >= 4 is 57.3 Å². The van der Waals surface area contributed by atoms with Gasteiger partial charge in [-0.1, -0.05) is 12.8 Å². The van der Waals surface area contributed by atoms with Crippen molar-refractivity contribution in [2.24, 2.45) is 5.92 Å². The Labute approximate surface area is 178 Å². The van der Waals surface area contributed by atoms with Crippen LogP contribution in [0.4, 0.5) is 16.5 Å². The minimum absolute atomic E-state index is 0.0694. The number of carbonyl (C=O) groups is 3. The number of carbonyl (C=O) groups excluding carboxylic acids is 3. The molecule has 3 amide bonds. The summed E-state index contributed by atoms with van der Waals surface area (Å²) in [5, 5.41) is 10.9. The number of hydrogen-bond acceptors (Lipinski definition) is 6. The third-order valence-electron chi connectivity index (χ3n) is 4.48. The zero-order valence-electron chi connectivity index (χ0n) is 16.2. The van der Waals surface area contributed by atoms with Gasteiger partial charge in [-0.3, -0.25) is 14.4 Å². The standard InChI is InChI=1S/C20H24N4O3S2/c1-13(25)21-15-6-8-16(9-7-15)22-18(26)12-28-10-17-11-29-20(23-17)24-19(27)14-4-2-3-5-14/h6-9,11,14H,2-5,10,12H2,1H3,(H,21,25)(H,22,26)(H,23,24,27). The Morgan fingerprint density at radius 2 is 1.72 bits per heavy atom. The van der Waals surface area contributed by atoms with Crippen LogP contribution in [0.1, 0.15) is 38.3 Å². The SMILES string of the molecule is CC(=O)Nc1ccc(NC(=O)CSCc2csc(NC(=O)C3CCCC3)n2)cc1. The van der Waals surface area contributed by atoms with E-state index in [0.717, 1.165) is 31.4 Å². The number of nitrogens with zero attached hydrogens (tertiary/aromatic N) is 1. The average Bonchev–Trinajstić information content (AvgIpc) is 3.35. The van der Waals surface area contributed by atoms with Crippen LogP contribution in [-0.4, -0.2) is 28.5 Å². The average molecular weight is 433 g/mol. The summed E-state index contributed by atoms with van der Waals surface area (Å²) in [7, 11) is 0. The highest BCUT2D eigenvalue weighted by Crippen LogP contribution is 2.27. The van der Waals surface area contributed by atoms with Crippen LogP contribution < -0.4 is 16.0 Å². The van der Waals surface area contributed by atoms with Gasteiger partial charge in [0.15, 0.2) is 5.13 Å². The fourth-order valence-electron chi connectivity index (χ4n) is 3.11. The van der Waals surface area contributed by atoms with Crippen molar-refractivity contribution in [2.75, 3.05) is 21.7 Å². The molecule has 0 unspecified atom stereocenters. The summed E-state index contributed by atoms with van der Waals surface area (Å²) in [6.07, 6.45) is 4.18. The molecule has 1 aliphatic rings. The van der Waals surface area contributed by atoms with Crippen LogP contribution in [0, 0.1) is 5.92 Å². The summed E-state index contributed by atoms with van der Waals surface area (Å²) in [6, 6.07) is 6.96. The Bertz CT molecular complexity index is 861. The molecule has 0 aliphatic heterocycles. The minimum atomic E-state index is -0.138. The van der Waals surface area contributed by atoms with E-state index >= 15 is 0 Å². The molecule has 9 heteroatoms. The monoisotopic (exact) mass is 432 g/mol. The van der Waals surface area contributed by atoms with E-state index < -0.39 is 0 Å². The smallest absolute Gasteiger partial charge is 0.234 e. The van der Waals surface area contributed by atoms with Crippen LogP contribution >= 0.6 is 23.1 Å². The molecule has 1 fully saturated rings. The Hall–Kier alpha value is -2.39. The Kier molecular flexibility index (Phi) is 7.65. The quantitative estimate of drug-likeness (QED) is 0.583. The molecule has 3 rings (SSSR count). The van der Waals surface area contributed by atoms with Gasteiger partial charge in [0.05, 0.1) is 11.4 Å². The second-order valence-electron chi connectivity index (χ2n) is 6.91. The van der Waals surface area contributed by atoms with Crippen molar-refractivity contribution in [2.45, 2.75) is 38.4 Å². The van der Waals surface area contributed by atoms with E-state index in [1.165, 1.54) is 30.0 Å². The molecule has 0 radical (unpaired) electrons. The van der Waals surface area contributed by atoms with E-state index in [4.69, 9.17) is 0 Å². The first-order valence-electron chi connectivity index (χ1n) is 9.50. The first-order chi connectivity index (χ1) is 14.0. The second-order valence-corrected chi connectivity index (χ2v) is 8.76. The first kappa shape index (κ1) is 21.3. The summed E-state index contributed by atoms with van der Waals surface area (Å²) in [5.41, 5.74) is 2.22. The fourth-order valence-corrected chi connectivity index (χ4v) is 4.65. The van der Waals surface area contributed by atoms with Crippen molar-refractivity contribution in [3.8, 4) is 0 Å². The Balaban J connectivity index is 1.38. The van der Waals surface area contributed by atoms with Crippen LogP contribution in [0.25, 0.3) is 0 Å². The number of anilines is 3. The summed E-state index contributed by atoms with van der Waals surface area (Å²) >= 11 is 2.88. The summed E-state index contributed by atoms with van der Waals surface area (Å²) in [5.74, 6) is 0.848. The van der Waals surface area contributed by atoms with E-state index in [1.807, 2.05) is 5.38 Å². The van der Waals surface area contributed by atoms with Crippen LogP contribution in [0.15, 0.2) is 29.6 Å². The highest BCUT2D eigenvalue weighted by molar-refractivity contribution is 7.99. The molecule has 1 aromatic heterocycles. The second kappa shape index (κ2) is 10.4. The Morgan fingerprint density at radius 1 is 1.07 bits per heavy atom. The first-order valence-corrected chi connectivity index (χ1v) is 11.5. The van der Waals surface area contributed by atoms with Crippen molar-refractivity contribution in [3.05, 3.63) is 35.3 Å². The van der Waals surface area contributed by atoms with Gasteiger partial charge >= 0.3 is 0 Å². The highest BCUT2D eigenvalue weighted by Gasteiger charge is 2.23. The number of hydrogen-bond donors (Lipinski definition) is 3. The molecule has 1 heterocycles. The fraction of sp³-hybridized carbons (Fsp3) is 0.400. The van der Waals surface area contributed by atoms with E-state index in [9.17, 15) is 14.4 Å². The number of thiazole rings is 1. The highest BCUT2D eigenvalue weighted by atomic mass is 32.2. The number of rotatable bonds is 8. The van der Waals surface area contributed by atoms with Crippen LogP contribution in [0.3, 0.4) is 0 Å². The molecule has 29 heavy (non-hydrogen) atoms. The van der Waals surface area contributed by atoms with Gasteiger partial charge in [-0.05, 0) is 37.1 Å². The van der Waals surface area contributed by atoms with Gasteiger partial charge < -0.3 is 16.0 Å². The molecule has 1 saturated carbocycles. The van der Waals surface area contributed by atoms with Gasteiger partial charge in [0.1, 0.15) is 0 Å². The predicted molar refractivity (Wildman–Crippen MR) is 118 cm³/mol. The molecule has 154 valence electrons. The third-order valence-corrected chi connectivity index (χ3v) is 6.25. The van der Waals surface area contributed by atoms with Gasteiger partial charge in [-0.25, -0.2) is 4.98 Å². The normalized spacial score (nSPS) is 13.8. The van der Waals surface area contributed by atoms with Crippen LogP contribution in [0.5, 0.6) is 0 Å². The van der Waals surface area contributed by atoms with E-state index in [1.54, 1.807) is 24.3 Å². The van der Waals surface area contributed by atoms with Crippen molar-refractivity contribution in [3.63, 3.8) is 0 Å². The topological polar surface area (TPSA) is 100 Å². The molecule has 2 aromatic rings. The molecule has 1 aromatic carbocycles. The van der Waals surface area contributed by atoms with Crippen molar-refractivity contribution in [1.29, 1.82) is 0 Å². The molecule has 0 spiro atoms. The van der Waals surface area contributed by atoms with Gasteiger partial charge in [-0.2, -0.15) is 0 Å². The van der Waals surface area contributed by atoms with Gasteiger partial charge in [0.25, 0.3) is 0 Å². The maximum absolute atomic E-state index is 12.2. The van der Waals surface area contributed by atoms with E-state index in [-0.39, 0.29) is 23.6 Å². The maximum Gasteiger partial charge on any atom is 0.234 e. The number of benzene rings is 1. The molecule has 0 atom stereocenters. The number of amides is 3. The van der Waals surface area contributed by atoms with Crippen molar-refractivity contribution in [1.82, 2.24) is 4.98 Å². The largest absolute Gasteiger partial charge is 0.326 e. The third kappa shape index (κ3) is 6.86. The number of aromatic nitrogens is 1. The lowest BCUT2D eigenvalue weighted by atomic mass is 10.1. The number of nitrogens with one attached hydrogen (secondary N) is 3. The van der Waals surface area contributed by atoms with Crippen molar-refractivity contribution < 1.29 is 14.4 Å². The predicted octanol–water partition coefficient (Wildman–Crippen LogP) is 4.10. The molecule has 3 N–H and O–H groups in total. The minimum Gasteiger partial charge on any atom is -0.326 e. The zero-order chi connectivity index (χ0) is 20.6. The van der Waals surface area contributed by atoms with E-state index in [0.29, 0.717) is 28.0 Å². The lowest BCUT2D eigenvalue weighted by Crippen LogP contribution is -2.20. The molecule has 7 nitrogen and oxygen atoms in total. The van der Waals surface area contributed by atoms with Gasteiger partial charge in [0.2, 0.25) is 17.7 Å². The lowest BCUT2D eigenvalue weighted by Gasteiger charge is -2.07. The summed E-state index contributed by atoms with van der Waals surface area (Å²) in [4.78, 5) is 39.7. The van der Waals surface area contributed by atoms with Gasteiger partial charge in [-0.15, -0.1) is 23.1 Å². The van der Waals surface area contributed by atoms with Gasteiger partial charge in [0, 0.05) is 35.3 Å². The molecule has 0 saturated heterocycles. The number of thioether (sulfide) groups is 1. The summed E-state index contributed by atoms with van der Waals surface area (Å²) in [6.45, 7) is 1.45. The molecule has 0 bridgehead atoms. The Morgan fingerprint density at radius 3 is 2.38 bits per heavy atom. The zero-order valence-corrected chi connectivity index (χ0v) is 17.8. The van der Waals surface area contributed by atoms with E-state index in [2.05, 4.69) is 20.9 Å². The molecular weight excluding hydrogens is 408 g/mol.